The van der Waals surface area contributed by atoms with Gasteiger partial charge in [-0.3, -0.25) is 0 Å². The molecule has 3 saturated heterocycles. The molecule has 4 nitrogen and oxygen atoms in total. The Morgan fingerprint density at radius 2 is 1.67 bits per heavy atom. The molecule has 4 rings (SSSR count). The van der Waals surface area contributed by atoms with Crippen LogP contribution in [0.15, 0.2) is 35.7 Å². The number of hydrogen-bond donors (Lipinski definition) is 0. The highest BCUT2D eigenvalue weighted by Crippen LogP contribution is 2.47. The van der Waals surface area contributed by atoms with E-state index in [-0.39, 0.29) is 0 Å². The summed E-state index contributed by atoms with van der Waals surface area (Å²) in [5.74, 6) is 0.812. The molecule has 4 atom stereocenters. The third-order valence-corrected chi connectivity index (χ3v) is 6.51. The minimum absolute atomic E-state index is 0.290. The monoisotopic (exact) mass is 305 g/mol. The van der Waals surface area contributed by atoms with Crippen molar-refractivity contribution < 1.29 is 13.2 Å². The summed E-state index contributed by atoms with van der Waals surface area (Å²) in [6, 6.07) is 9.53. The predicted octanol–water partition coefficient (Wildman–Crippen LogP) is 2.10. The van der Waals surface area contributed by atoms with E-state index in [1.54, 1.807) is 10.4 Å². The van der Waals surface area contributed by atoms with Crippen molar-refractivity contribution in [3.8, 4) is 0 Å². The van der Waals surface area contributed by atoms with Gasteiger partial charge in [0, 0.05) is 30.3 Å². The lowest BCUT2D eigenvalue weighted by Gasteiger charge is -2.18. The summed E-state index contributed by atoms with van der Waals surface area (Å²) in [5, 5.41) is 1.34. The number of sulfonamides is 1. The highest BCUT2D eigenvalue weighted by atomic mass is 32.2. The Hall–Kier alpha value is -1.17. The van der Waals surface area contributed by atoms with Crippen molar-refractivity contribution in [2.75, 3.05) is 13.1 Å². The van der Waals surface area contributed by atoms with Crippen LogP contribution in [0.25, 0.3) is 6.08 Å². The first kappa shape index (κ1) is 13.5. The molecule has 3 fully saturated rings. The van der Waals surface area contributed by atoms with Crippen LogP contribution in [0.5, 0.6) is 0 Å². The van der Waals surface area contributed by atoms with Crippen molar-refractivity contribution in [2.24, 2.45) is 11.8 Å². The van der Waals surface area contributed by atoms with Crippen LogP contribution in [0.4, 0.5) is 0 Å². The Kier molecular flexibility index (Phi) is 3.17. The SMILES string of the molecule is O=S(=O)(/C=C/c1ccccc1)N1C[C@H]2[C@H](C1)[C@H]1CC[C@H]2O1. The summed E-state index contributed by atoms with van der Waals surface area (Å²) in [4.78, 5) is 0. The lowest BCUT2D eigenvalue weighted by atomic mass is 9.82. The van der Waals surface area contributed by atoms with Crippen LogP contribution in [0, 0.1) is 11.8 Å². The zero-order valence-corrected chi connectivity index (χ0v) is 12.6. The Bertz CT molecular complexity index is 637. The van der Waals surface area contributed by atoms with E-state index >= 15 is 0 Å². The van der Waals surface area contributed by atoms with Crippen LogP contribution < -0.4 is 0 Å². The fourth-order valence-electron chi connectivity index (χ4n) is 3.94. The maximum absolute atomic E-state index is 12.5. The van der Waals surface area contributed by atoms with Gasteiger partial charge in [-0.1, -0.05) is 30.3 Å². The van der Waals surface area contributed by atoms with Crippen molar-refractivity contribution in [1.82, 2.24) is 4.31 Å². The van der Waals surface area contributed by atoms with Crippen LogP contribution in [0.3, 0.4) is 0 Å². The molecule has 3 aliphatic rings. The number of nitrogens with zero attached hydrogens (tertiary/aromatic N) is 1. The fraction of sp³-hybridized carbons (Fsp3) is 0.500. The van der Waals surface area contributed by atoms with Gasteiger partial charge in [0.2, 0.25) is 10.0 Å². The molecule has 3 aliphatic heterocycles. The van der Waals surface area contributed by atoms with Gasteiger partial charge in [0.15, 0.2) is 0 Å². The third kappa shape index (κ3) is 2.33. The van der Waals surface area contributed by atoms with E-state index in [1.807, 2.05) is 30.3 Å². The van der Waals surface area contributed by atoms with Crippen LogP contribution in [0.1, 0.15) is 18.4 Å². The minimum atomic E-state index is -3.32. The highest BCUT2D eigenvalue weighted by Gasteiger charge is 2.54. The van der Waals surface area contributed by atoms with Gasteiger partial charge in [0.25, 0.3) is 0 Å². The molecule has 0 spiro atoms. The van der Waals surface area contributed by atoms with Crippen LogP contribution in [-0.2, 0) is 14.8 Å². The predicted molar refractivity (Wildman–Crippen MR) is 80.8 cm³/mol. The molecule has 0 aromatic heterocycles. The molecule has 0 radical (unpaired) electrons. The second kappa shape index (κ2) is 4.93. The van der Waals surface area contributed by atoms with Crippen LogP contribution in [-0.4, -0.2) is 38.0 Å². The van der Waals surface area contributed by atoms with Crippen molar-refractivity contribution in [3.63, 3.8) is 0 Å². The van der Waals surface area contributed by atoms with Crippen molar-refractivity contribution in [1.29, 1.82) is 0 Å². The Labute approximate surface area is 125 Å². The van der Waals surface area contributed by atoms with Gasteiger partial charge in [-0.25, -0.2) is 8.42 Å². The van der Waals surface area contributed by atoms with Crippen LogP contribution >= 0.6 is 0 Å². The van der Waals surface area contributed by atoms with E-state index in [4.69, 9.17) is 4.74 Å². The second-order valence-corrected chi connectivity index (χ2v) is 8.01. The highest BCUT2D eigenvalue weighted by molar-refractivity contribution is 7.92. The zero-order valence-electron chi connectivity index (χ0n) is 11.8. The Balaban J connectivity index is 1.50. The molecule has 0 aliphatic carbocycles. The molecule has 2 bridgehead atoms. The lowest BCUT2D eigenvalue weighted by Crippen LogP contribution is -2.29. The summed E-state index contributed by atoms with van der Waals surface area (Å²) in [6.07, 6.45) is 4.45. The molecular formula is C16H19NO3S. The average molecular weight is 305 g/mol. The summed E-state index contributed by atoms with van der Waals surface area (Å²) in [5.41, 5.74) is 0.906. The summed E-state index contributed by atoms with van der Waals surface area (Å²) in [7, 11) is -3.32. The number of ether oxygens (including phenoxy) is 1. The number of benzene rings is 1. The van der Waals surface area contributed by atoms with E-state index in [1.165, 1.54) is 5.41 Å². The van der Waals surface area contributed by atoms with Gasteiger partial charge in [-0.15, -0.1) is 0 Å². The summed E-state index contributed by atoms with van der Waals surface area (Å²) in [6.45, 7) is 1.24. The normalized spacial score (nSPS) is 35.6. The standard InChI is InChI=1S/C16H19NO3S/c18-21(19,9-8-12-4-2-1-3-5-12)17-10-13-14(11-17)16-7-6-15(13)20-16/h1-5,8-9,13-16H,6-7,10-11H2/b9-8+/t13-,14-,15+,16+/m0/s1. The number of hydrogen-bond acceptors (Lipinski definition) is 3. The maximum Gasteiger partial charge on any atom is 0.236 e. The number of rotatable bonds is 3. The van der Waals surface area contributed by atoms with Gasteiger partial charge < -0.3 is 4.74 Å². The first-order valence-electron chi connectivity index (χ1n) is 7.52. The van der Waals surface area contributed by atoms with Crippen molar-refractivity contribution in [2.45, 2.75) is 25.0 Å². The first-order valence-corrected chi connectivity index (χ1v) is 9.02. The fourth-order valence-corrected chi connectivity index (χ4v) is 5.20. The van der Waals surface area contributed by atoms with E-state index in [0.29, 0.717) is 37.1 Å². The van der Waals surface area contributed by atoms with E-state index in [2.05, 4.69) is 0 Å². The molecule has 21 heavy (non-hydrogen) atoms. The largest absolute Gasteiger partial charge is 0.374 e. The summed E-state index contributed by atoms with van der Waals surface area (Å²) < 4.78 is 32.5. The number of fused-ring (bicyclic) bond motifs is 5. The van der Waals surface area contributed by atoms with E-state index in [9.17, 15) is 8.42 Å². The van der Waals surface area contributed by atoms with E-state index in [0.717, 1.165) is 18.4 Å². The van der Waals surface area contributed by atoms with Crippen molar-refractivity contribution in [3.05, 3.63) is 41.3 Å². The molecule has 5 heteroatoms. The lowest BCUT2D eigenvalue weighted by molar-refractivity contribution is 0.0780. The minimum Gasteiger partial charge on any atom is -0.374 e. The maximum atomic E-state index is 12.5. The average Bonchev–Trinajstić information content (AvgIpc) is 3.18. The van der Waals surface area contributed by atoms with Gasteiger partial charge in [-0.2, -0.15) is 4.31 Å². The molecule has 0 N–H and O–H groups in total. The van der Waals surface area contributed by atoms with Crippen molar-refractivity contribution >= 4 is 16.1 Å². The molecular weight excluding hydrogens is 286 g/mol. The second-order valence-electron chi connectivity index (χ2n) is 6.19. The molecule has 1 aromatic rings. The molecule has 3 heterocycles. The molecule has 112 valence electrons. The van der Waals surface area contributed by atoms with Gasteiger partial charge in [-0.05, 0) is 24.5 Å². The van der Waals surface area contributed by atoms with Gasteiger partial charge in [0.05, 0.1) is 12.2 Å². The Morgan fingerprint density at radius 1 is 1.05 bits per heavy atom. The molecule has 1 aromatic carbocycles. The third-order valence-electron chi connectivity index (χ3n) is 5.01. The van der Waals surface area contributed by atoms with Crippen LogP contribution in [0.2, 0.25) is 0 Å². The quantitative estimate of drug-likeness (QED) is 0.859. The first-order chi connectivity index (χ1) is 10.1. The Morgan fingerprint density at radius 3 is 2.29 bits per heavy atom. The van der Waals surface area contributed by atoms with Gasteiger partial charge in [0.1, 0.15) is 0 Å². The molecule has 0 saturated carbocycles. The summed E-state index contributed by atoms with van der Waals surface area (Å²) >= 11 is 0. The topological polar surface area (TPSA) is 46.6 Å². The smallest absolute Gasteiger partial charge is 0.236 e. The van der Waals surface area contributed by atoms with E-state index < -0.39 is 10.0 Å². The zero-order chi connectivity index (χ0) is 14.4. The van der Waals surface area contributed by atoms with Gasteiger partial charge >= 0.3 is 0 Å². The molecule has 0 unspecified atom stereocenters. The molecule has 0 amide bonds.